The van der Waals surface area contributed by atoms with Crippen LogP contribution in [0.15, 0.2) is 24.3 Å². The predicted octanol–water partition coefficient (Wildman–Crippen LogP) is 2.29. The van der Waals surface area contributed by atoms with Gasteiger partial charge >= 0.3 is 0 Å². The number of carbonyl (C=O) groups is 1. The molecule has 1 atom stereocenters. The highest BCUT2D eigenvalue weighted by Crippen LogP contribution is 2.16. The van der Waals surface area contributed by atoms with E-state index in [9.17, 15) is 4.79 Å². The van der Waals surface area contributed by atoms with Crippen molar-refractivity contribution in [3.8, 4) is 0 Å². The van der Waals surface area contributed by atoms with E-state index in [0.717, 1.165) is 17.7 Å². The van der Waals surface area contributed by atoms with Crippen LogP contribution < -0.4 is 11.1 Å². The van der Waals surface area contributed by atoms with Crippen LogP contribution in [0.1, 0.15) is 32.3 Å². The minimum absolute atomic E-state index is 0.0479. The van der Waals surface area contributed by atoms with Gasteiger partial charge in [-0.05, 0) is 19.4 Å². The lowest BCUT2D eigenvalue weighted by atomic mass is 10.1. The van der Waals surface area contributed by atoms with Gasteiger partial charge in [0.2, 0.25) is 5.91 Å². The van der Waals surface area contributed by atoms with Crippen molar-refractivity contribution in [3.63, 3.8) is 0 Å². The maximum absolute atomic E-state index is 11.8. The molecular formula is C14H22N2O2. The molecule has 4 nitrogen and oxygen atoms in total. The van der Waals surface area contributed by atoms with Gasteiger partial charge in [0.15, 0.2) is 0 Å². The monoisotopic (exact) mass is 250 g/mol. The van der Waals surface area contributed by atoms with Crippen LogP contribution in [-0.2, 0) is 16.1 Å². The van der Waals surface area contributed by atoms with E-state index in [1.165, 1.54) is 0 Å². The molecule has 1 amide bonds. The number of nitrogens with one attached hydrogen (secondary N) is 1. The zero-order chi connectivity index (χ0) is 13.4. The molecule has 0 aliphatic carbocycles. The average Bonchev–Trinajstić information content (AvgIpc) is 2.37. The summed E-state index contributed by atoms with van der Waals surface area (Å²) >= 11 is 0. The van der Waals surface area contributed by atoms with E-state index < -0.39 is 0 Å². The van der Waals surface area contributed by atoms with Crippen LogP contribution in [0.25, 0.3) is 0 Å². The van der Waals surface area contributed by atoms with Crippen molar-refractivity contribution in [2.24, 2.45) is 5.73 Å². The molecule has 0 fully saturated rings. The molecule has 1 unspecified atom stereocenters. The molecule has 0 saturated heterocycles. The lowest BCUT2D eigenvalue weighted by Crippen LogP contribution is -2.26. The fraction of sp³-hybridized carbons (Fsp3) is 0.500. The van der Waals surface area contributed by atoms with E-state index in [2.05, 4.69) is 5.32 Å². The number of benzene rings is 1. The van der Waals surface area contributed by atoms with Gasteiger partial charge in [-0.2, -0.15) is 0 Å². The highest BCUT2D eigenvalue weighted by atomic mass is 16.5. The molecule has 3 N–H and O–H groups in total. The van der Waals surface area contributed by atoms with Gasteiger partial charge in [-0.25, -0.2) is 0 Å². The van der Waals surface area contributed by atoms with Crippen LogP contribution in [0, 0.1) is 0 Å². The maximum atomic E-state index is 11.8. The van der Waals surface area contributed by atoms with Crippen molar-refractivity contribution in [2.75, 3.05) is 11.9 Å². The number of anilines is 1. The number of para-hydroxylation sites is 1. The van der Waals surface area contributed by atoms with E-state index in [-0.39, 0.29) is 11.9 Å². The van der Waals surface area contributed by atoms with Crippen molar-refractivity contribution in [1.29, 1.82) is 0 Å². The standard InChI is InChI=1S/C14H22N2O2/c1-3-12(15)9-14(17)16-13-8-6-5-7-11(13)10-18-4-2/h5-8,12H,3-4,9-10,15H2,1-2H3,(H,16,17). The SMILES string of the molecule is CCOCc1ccccc1NC(=O)CC(N)CC. The summed E-state index contributed by atoms with van der Waals surface area (Å²) < 4.78 is 5.37. The summed E-state index contributed by atoms with van der Waals surface area (Å²) in [5, 5.41) is 2.89. The molecule has 100 valence electrons. The Hall–Kier alpha value is -1.39. The number of hydrogen-bond acceptors (Lipinski definition) is 3. The Morgan fingerprint density at radius 3 is 2.78 bits per heavy atom. The van der Waals surface area contributed by atoms with Gasteiger partial charge in [0.25, 0.3) is 0 Å². The first-order chi connectivity index (χ1) is 8.67. The molecule has 0 heterocycles. The fourth-order valence-electron chi connectivity index (χ4n) is 1.56. The van der Waals surface area contributed by atoms with Gasteiger partial charge in [0, 0.05) is 30.3 Å². The zero-order valence-corrected chi connectivity index (χ0v) is 11.1. The van der Waals surface area contributed by atoms with Crippen molar-refractivity contribution < 1.29 is 9.53 Å². The van der Waals surface area contributed by atoms with Crippen molar-refractivity contribution in [3.05, 3.63) is 29.8 Å². The Bertz CT molecular complexity index is 380. The van der Waals surface area contributed by atoms with Gasteiger partial charge < -0.3 is 15.8 Å². The lowest BCUT2D eigenvalue weighted by Gasteiger charge is -2.13. The summed E-state index contributed by atoms with van der Waals surface area (Å²) in [7, 11) is 0. The van der Waals surface area contributed by atoms with Crippen molar-refractivity contribution in [2.45, 2.75) is 39.3 Å². The maximum Gasteiger partial charge on any atom is 0.225 e. The van der Waals surface area contributed by atoms with Gasteiger partial charge in [-0.15, -0.1) is 0 Å². The zero-order valence-electron chi connectivity index (χ0n) is 11.1. The molecule has 1 rings (SSSR count). The number of hydrogen-bond donors (Lipinski definition) is 2. The van der Waals surface area contributed by atoms with E-state index in [1.807, 2.05) is 38.1 Å². The van der Waals surface area contributed by atoms with Gasteiger partial charge in [-0.1, -0.05) is 25.1 Å². The Labute approximate surface area is 109 Å². The number of amides is 1. The van der Waals surface area contributed by atoms with E-state index in [0.29, 0.717) is 19.6 Å². The molecular weight excluding hydrogens is 228 g/mol. The predicted molar refractivity (Wildman–Crippen MR) is 73.3 cm³/mol. The summed E-state index contributed by atoms with van der Waals surface area (Å²) in [4.78, 5) is 11.8. The molecule has 0 aromatic heterocycles. The molecule has 0 saturated carbocycles. The first-order valence-electron chi connectivity index (χ1n) is 6.38. The van der Waals surface area contributed by atoms with Crippen molar-refractivity contribution in [1.82, 2.24) is 0 Å². The third kappa shape index (κ3) is 4.85. The molecule has 0 bridgehead atoms. The summed E-state index contributed by atoms with van der Waals surface area (Å²) in [6, 6.07) is 7.57. The summed E-state index contributed by atoms with van der Waals surface area (Å²) in [5.74, 6) is -0.0479. The summed E-state index contributed by atoms with van der Waals surface area (Å²) in [5.41, 5.74) is 7.55. The van der Waals surface area contributed by atoms with Crippen LogP contribution in [0.2, 0.25) is 0 Å². The largest absolute Gasteiger partial charge is 0.377 e. The second-order valence-electron chi connectivity index (χ2n) is 4.21. The average molecular weight is 250 g/mol. The Morgan fingerprint density at radius 1 is 1.39 bits per heavy atom. The van der Waals surface area contributed by atoms with Crippen molar-refractivity contribution >= 4 is 11.6 Å². The number of rotatable bonds is 7. The molecule has 0 radical (unpaired) electrons. The molecule has 1 aromatic rings. The second-order valence-corrected chi connectivity index (χ2v) is 4.21. The second kappa shape index (κ2) is 7.84. The summed E-state index contributed by atoms with van der Waals surface area (Å²) in [6.07, 6.45) is 1.15. The van der Waals surface area contributed by atoms with E-state index in [4.69, 9.17) is 10.5 Å². The van der Waals surface area contributed by atoms with Crippen LogP contribution in [0.4, 0.5) is 5.69 Å². The Kier molecular flexibility index (Phi) is 6.39. The van der Waals surface area contributed by atoms with Gasteiger partial charge in [-0.3, -0.25) is 4.79 Å². The van der Waals surface area contributed by atoms with Crippen LogP contribution in [0.5, 0.6) is 0 Å². The minimum atomic E-state index is -0.0796. The number of ether oxygens (including phenoxy) is 1. The molecule has 1 aromatic carbocycles. The fourth-order valence-corrected chi connectivity index (χ4v) is 1.56. The van der Waals surface area contributed by atoms with E-state index in [1.54, 1.807) is 0 Å². The van der Waals surface area contributed by atoms with Crippen LogP contribution in [-0.4, -0.2) is 18.6 Å². The van der Waals surface area contributed by atoms with Crippen LogP contribution >= 0.6 is 0 Å². The Balaban J connectivity index is 2.62. The van der Waals surface area contributed by atoms with Gasteiger partial charge in [0.1, 0.15) is 0 Å². The normalized spacial score (nSPS) is 12.2. The highest BCUT2D eigenvalue weighted by molar-refractivity contribution is 5.91. The minimum Gasteiger partial charge on any atom is -0.377 e. The smallest absolute Gasteiger partial charge is 0.225 e. The first kappa shape index (κ1) is 14.7. The van der Waals surface area contributed by atoms with Gasteiger partial charge in [0.05, 0.1) is 6.61 Å². The molecule has 0 spiro atoms. The first-order valence-corrected chi connectivity index (χ1v) is 6.38. The molecule has 18 heavy (non-hydrogen) atoms. The quantitative estimate of drug-likeness (QED) is 0.780. The molecule has 0 aliphatic heterocycles. The van der Waals surface area contributed by atoms with E-state index >= 15 is 0 Å². The number of nitrogens with two attached hydrogens (primary N) is 1. The molecule has 0 aliphatic rings. The third-order valence-electron chi connectivity index (χ3n) is 2.73. The summed E-state index contributed by atoms with van der Waals surface area (Å²) in [6.45, 7) is 5.08. The lowest BCUT2D eigenvalue weighted by molar-refractivity contribution is -0.116. The Morgan fingerprint density at radius 2 is 2.11 bits per heavy atom. The molecule has 4 heteroatoms. The number of carbonyl (C=O) groups excluding carboxylic acids is 1. The highest BCUT2D eigenvalue weighted by Gasteiger charge is 2.09. The third-order valence-corrected chi connectivity index (χ3v) is 2.73. The topological polar surface area (TPSA) is 64.3 Å². The van der Waals surface area contributed by atoms with Crippen LogP contribution in [0.3, 0.4) is 0 Å².